The van der Waals surface area contributed by atoms with Crippen LogP contribution in [-0.4, -0.2) is 45.4 Å². The van der Waals surface area contributed by atoms with E-state index in [4.69, 9.17) is 5.11 Å². The summed E-state index contributed by atoms with van der Waals surface area (Å²) in [5, 5.41) is 13.8. The van der Waals surface area contributed by atoms with Crippen molar-refractivity contribution in [3.05, 3.63) is 0 Å². The number of carboxylic acid groups (broad SMARTS) is 1. The first-order chi connectivity index (χ1) is 7.73. The van der Waals surface area contributed by atoms with Crippen LogP contribution in [0, 0.1) is 5.92 Å². The summed E-state index contributed by atoms with van der Waals surface area (Å²) >= 11 is 0. The Morgan fingerprint density at radius 3 is 2.12 bits per heavy atom. The fraction of sp³-hybridized carbons (Fsp3) is 0.800. The molecule has 0 aromatic heterocycles. The highest BCUT2D eigenvalue weighted by Gasteiger charge is 2.23. The van der Waals surface area contributed by atoms with Gasteiger partial charge in [0.25, 0.3) is 0 Å². The van der Waals surface area contributed by atoms with E-state index in [1.807, 2.05) is 0 Å². The number of hydrogen-bond donors (Lipinski definition) is 3. The molecule has 0 saturated heterocycles. The molecule has 0 aliphatic rings. The van der Waals surface area contributed by atoms with Gasteiger partial charge in [-0.05, 0) is 12.8 Å². The fourth-order valence-electron chi connectivity index (χ4n) is 1.31. The van der Waals surface area contributed by atoms with Gasteiger partial charge < -0.3 is 15.7 Å². The van der Waals surface area contributed by atoms with Gasteiger partial charge in [-0.2, -0.15) is 0 Å². The summed E-state index contributed by atoms with van der Waals surface area (Å²) in [6, 6.07) is -1.74. The Hall–Kier alpha value is -1.11. The second kappa shape index (κ2) is 7.26. The van der Waals surface area contributed by atoms with Gasteiger partial charge in [0.2, 0.25) is 0 Å². The van der Waals surface area contributed by atoms with Gasteiger partial charge in [-0.3, -0.25) is 4.21 Å². The molecule has 0 aliphatic heterocycles. The molecule has 3 N–H and O–H groups in total. The Morgan fingerprint density at radius 2 is 1.76 bits per heavy atom. The van der Waals surface area contributed by atoms with Crippen LogP contribution in [0.2, 0.25) is 0 Å². The van der Waals surface area contributed by atoms with Crippen LogP contribution in [0.3, 0.4) is 0 Å². The monoisotopic (exact) mass is 264 g/mol. The van der Waals surface area contributed by atoms with Gasteiger partial charge in [0, 0.05) is 28.9 Å². The molecular weight excluding hydrogens is 244 g/mol. The van der Waals surface area contributed by atoms with Crippen molar-refractivity contribution in [3.8, 4) is 0 Å². The predicted octanol–water partition coefficient (Wildman–Crippen LogP) is 0.162. The Kier molecular flexibility index (Phi) is 6.79. The highest BCUT2D eigenvalue weighted by atomic mass is 32.2. The van der Waals surface area contributed by atoms with Crippen molar-refractivity contribution >= 4 is 22.8 Å². The van der Waals surface area contributed by atoms with Crippen LogP contribution in [0.25, 0.3) is 0 Å². The number of carbonyl (C=O) groups is 2. The molecule has 0 aromatic carbocycles. The van der Waals surface area contributed by atoms with Gasteiger partial charge in [-0.1, -0.05) is 13.8 Å². The van der Waals surface area contributed by atoms with Crippen LogP contribution in [0.15, 0.2) is 0 Å². The molecule has 6 nitrogen and oxygen atoms in total. The third-order valence-corrected chi connectivity index (χ3v) is 3.05. The van der Waals surface area contributed by atoms with Crippen LogP contribution in [-0.2, 0) is 15.6 Å². The lowest BCUT2D eigenvalue weighted by atomic mass is 10.1. The van der Waals surface area contributed by atoms with Crippen molar-refractivity contribution < 1.29 is 18.9 Å². The first kappa shape index (κ1) is 15.9. The number of hydrogen-bond acceptors (Lipinski definition) is 3. The number of aliphatic carboxylic acids is 1. The Balaban J connectivity index is 4.24. The zero-order valence-electron chi connectivity index (χ0n) is 10.5. The molecule has 0 spiro atoms. The second-order valence-electron chi connectivity index (χ2n) is 4.32. The van der Waals surface area contributed by atoms with Gasteiger partial charge >= 0.3 is 12.0 Å². The molecule has 0 saturated carbocycles. The first-order valence-corrected chi connectivity index (χ1v) is 7.06. The van der Waals surface area contributed by atoms with Crippen molar-refractivity contribution in [2.75, 3.05) is 12.0 Å². The molecule has 0 heterocycles. The number of carboxylic acids is 1. The Bertz CT molecular complexity index is 307. The molecule has 3 atom stereocenters. The number of nitrogens with one attached hydrogen (secondary N) is 2. The number of carbonyl (C=O) groups excluding carboxylic acids is 1. The van der Waals surface area contributed by atoms with Crippen molar-refractivity contribution in [1.29, 1.82) is 0 Å². The van der Waals surface area contributed by atoms with Crippen molar-refractivity contribution in [2.45, 2.75) is 32.9 Å². The maximum atomic E-state index is 11.5. The number of urea groups is 1. The quantitative estimate of drug-likeness (QED) is 0.637. The third-order valence-electron chi connectivity index (χ3n) is 2.08. The summed E-state index contributed by atoms with van der Waals surface area (Å²) in [6.45, 7) is 5.14. The van der Waals surface area contributed by atoms with Gasteiger partial charge in [-0.25, -0.2) is 9.59 Å². The van der Waals surface area contributed by atoms with E-state index >= 15 is 0 Å². The zero-order valence-corrected chi connectivity index (χ0v) is 11.3. The Labute approximate surface area is 104 Å². The maximum absolute atomic E-state index is 11.5. The first-order valence-electron chi connectivity index (χ1n) is 5.34. The van der Waals surface area contributed by atoms with E-state index in [-0.39, 0.29) is 12.0 Å². The van der Waals surface area contributed by atoms with Gasteiger partial charge in [0.1, 0.15) is 6.04 Å². The summed E-state index contributed by atoms with van der Waals surface area (Å²) in [7, 11) is -1.00. The second-order valence-corrected chi connectivity index (χ2v) is 5.80. The van der Waals surface area contributed by atoms with Crippen molar-refractivity contribution in [1.82, 2.24) is 10.6 Å². The summed E-state index contributed by atoms with van der Waals surface area (Å²) in [6.07, 6.45) is 1.55. The molecule has 0 bridgehead atoms. The molecular formula is C10H20N2O4S. The highest BCUT2D eigenvalue weighted by molar-refractivity contribution is 7.84. The van der Waals surface area contributed by atoms with Crippen LogP contribution >= 0.6 is 0 Å². The summed E-state index contributed by atoms with van der Waals surface area (Å²) in [5.74, 6) is -0.928. The number of rotatable bonds is 6. The van der Waals surface area contributed by atoms with Crippen molar-refractivity contribution in [3.63, 3.8) is 0 Å². The zero-order chi connectivity index (χ0) is 13.6. The Morgan fingerprint density at radius 1 is 1.24 bits per heavy atom. The smallest absolute Gasteiger partial charge is 0.326 e. The lowest BCUT2D eigenvalue weighted by Crippen LogP contribution is -2.51. The lowest BCUT2D eigenvalue weighted by Gasteiger charge is -2.20. The van der Waals surface area contributed by atoms with Crippen LogP contribution in [0.5, 0.6) is 0 Å². The highest BCUT2D eigenvalue weighted by Crippen LogP contribution is 2.01. The van der Waals surface area contributed by atoms with Gasteiger partial charge in [-0.15, -0.1) is 0 Å². The number of amides is 2. The molecule has 0 aromatic rings. The van der Waals surface area contributed by atoms with Gasteiger partial charge in [0.05, 0.1) is 0 Å². The summed E-state index contributed by atoms with van der Waals surface area (Å²) < 4.78 is 10.9. The van der Waals surface area contributed by atoms with E-state index in [0.29, 0.717) is 5.75 Å². The van der Waals surface area contributed by atoms with Crippen LogP contribution in [0.1, 0.15) is 20.8 Å². The van der Waals surface area contributed by atoms with E-state index in [1.54, 1.807) is 27.0 Å². The minimum atomic E-state index is -1.07. The standard InChI is InChI=1S/C10H20N2O4S/c1-6(2)8(9(13)14)12-10(15)11-7(3)5-17(4)16/h6-8H,5H2,1-4H3,(H,13,14)(H2,11,12,15)/t7?,8-,17?/m1/s1. The predicted molar refractivity (Wildman–Crippen MR) is 66.3 cm³/mol. The third kappa shape index (κ3) is 6.93. The topological polar surface area (TPSA) is 95.5 Å². The molecule has 17 heavy (non-hydrogen) atoms. The lowest BCUT2D eigenvalue weighted by molar-refractivity contribution is -0.140. The van der Waals surface area contributed by atoms with Crippen molar-refractivity contribution in [2.24, 2.45) is 5.92 Å². The average Bonchev–Trinajstić information content (AvgIpc) is 2.11. The summed E-state index contributed by atoms with van der Waals surface area (Å²) in [4.78, 5) is 22.3. The maximum Gasteiger partial charge on any atom is 0.326 e. The molecule has 0 fully saturated rings. The fourth-order valence-corrected chi connectivity index (χ4v) is 2.10. The normalized spacial score (nSPS) is 16.1. The molecule has 0 radical (unpaired) electrons. The molecule has 7 heteroatoms. The molecule has 0 aliphatic carbocycles. The molecule has 100 valence electrons. The van der Waals surface area contributed by atoms with E-state index < -0.39 is 28.8 Å². The van der Waals surface area contributed by atoms with Crippen LogP contribution < -0.4 is 10.6 Å². The minimum absolute atomic E-state index is 0.200. The van der Waals surface area contributed by atoms with E-state index in [0.717, 1.165) is 0 Å². The van der Waals surface area contributed by atoms with E-state index in [9.17, 15) is 13.8 Å². The van der Waals surface area contributed by atoms with E-state index in [1.165, 1.54) is 0 Å². The van der Waals surface area contributed by atoms with E-state index in [2.05, 4.69) is 10.6 Å². The SMILES string of the molecule is CC(CS(C)=O)NC(=O)N[C@@H](C(=O)O)C(C)C. The average molecular weight is 264 g/mol. The molecule has 2 amide bonds. The van der Waals surface area contributed by atoms with Gasteiger partial charge in [0.15, 0.2) is 0 Å². The summed E-state index contributed by atoms with van der Waals surface area (Å²) in [5.41, 5.74) is 0. The molecule has 0 rings (SSSR count). The largest absolute Gasteiger partial charge is 0.480 e. The minimum Gasteiger partial charge on any atom is -0.480 e. The van der Waals surface area contributed by atoms with Crippen LogP contribution in [0.4, 0.5) is 4.79 Å². The molecule has 2 unspecified atom stereocenters.